The van der Waals surface area contributed by atoms with Gasteiger partial charge in [0.1, 0.15) is 5.75 Å². The topological polar surface area (TPSA) is 38.3 Å². The number of thioether (sulfide) groups is 1. The number of anilines is 1. The number of benzene rings is 2. The molecular formula is C19H21NO2S. The maximum absolute atomic E-state index is 12.1. The van der Waals surface area contributed by atoms with E-state index in [-0.39, 0.29) is 12.5 Å². The average molecular weight is 327 g/mol. The predicted molar refractivity (Wildman–Crippen MR) is 97.4 cm³/mol. The SMILES string of the molecule is C=CCSc1ccccc1NC(=O)COc1cc(C)ccc1C. The van der Waals surface area contributed by atoms with E-state index in [1.165, 1.54) is 0 Å². The fraction of sp³-hybridized carbons (Fsp3) is 0.211. The van der Waals surface area contributed by atoms with Gasteiger partial charge < -0.3 is 10.1 Å². The Morgan fingerprint density at radius 3 is 2.83 bits per heavy atom. The highest BCUT2D eigenvalue weighted by molar-refractivity contribution is 7.99. The zero-order valence-corrected chi connectivity index (χ0v) is 14.3. The van der Waals surface area contributed by atoms with Gasteiger partial charge in [0.15, 0.2) is 6.61 Å². The Kier molecular flexibility index (Phi) is 6.29. The summed E-state index contributed by atoms with van der Waals surface area (Å²) in [5.41, 5.74) is 2.93. The van der Waals surface area contributed by atoms with Crippen molar-refractivity contribution in [1.82, 2.24) is 0 Å². The van der Waals surface area contributed by atoms with Crippen LogP contribution < -0.4 is 10.1 Å². The van der Waals surface area contributed by atoms with Crippen LogP contribution in [0, 0.1) is 13.8 Å². The molecule has 0 saturated carbocycles. The molecule has 0 fully saturated rings. The molecule has 0 radical (unpaired) electrons. The Balaban J connectivity index is 1.97. The van der Waals surface area contributed by atoms with Crippen LogP contribution in [0.4, 0.5) is 5.69 Å². The molecular weight excluding hydrogens is 306 g/mol. The van der Waals surface area contributed by atoms with Gasteiger partial charge >= 0.3 is 0 Å². The molecule has 0 atom stereocenters. The van der Waals surface area contributed by atoms with Crippen LogP contribution >= 0.6 is 11.8 Å². The molecule has 2 aromatic rings. The second-order valence-corrected chi connectivity index (χ2v) is 6.26. The van der Waals surface area contributed by atoms with Gasteiger partial charge in [-0.1, -0.05) is 30.3 Å². The molecule has 0 aliphatic rings. The molecule has 1 amide bonds. The van der Waals surface area contributed by atoms with Gasteiger partial charge in [-0.25, -0.2) is 0 Å². The van der Waals surface area contributed by atoms with Gasteiger partial charge in [0.05, 0.1) is 5.69 Å². The summed E-state index contributed by atoms with van der Waals surface area (Å²) in [6.45, 7) is 7.67. The fourth-order valence-corrected chi connectivity index (χ4v) is 2.78. The quantitative estimate of drug-likeness (QED) is 0.596. The summed E-state index contributed by atoms with van der Waals surface area (Å²) in [6.07, 6.45) is 1.84. The number of amides is 1. The second-order valence-electron chi connectivity index (χ2n) is 5.20. The fourth-order valence-electron chi connectivity index (χ4n) is 2.04. The molecule has 2 rings (SSSR count). The lowest BCUT2D eigenvalue weighted by atomic mass is 10.1. The van der Waals surface area contributed by atoms with Crippen LogP contribution in [-0.2, 0) is 4.79 Å². The van der Waals surface area contributed by atoms with Crippen molar-refractivity contribution in [2.75, 3.05) is 17.7 Å². The maximum Gasteiger partial charge on any atom is 0.262 e. The number of aryl methyl sites for hydroxylation is 2. The first-order chi connectivity index (χ1) is 11.1. The van der Waals surface area contributed by atoms with Crippen molar-refractivity contribution in [3.63, 3.8) is 0 Å². The molecule has 0 saturated heterocycles. The van der Waals surface area contributed by atoms with E-state index < -0.39 is 0 Å². The lowest BCUT2D eigenvalue weighted by Crippen LogP contribution is -2.20. The molecule has 0 bridgehead atoms. The number of para-hydroxylation sites is 1. The summed E-state index contributed by atoms with van der Waals surface area (Å²) in [4.78, 5) is 13.2. The Bertz CT molecular complexity index is 698. The minimum absolute atomic E-state index is 0.00917. The molecule has 0 aromatic heterocycles. The summed E-state index contributed by atoms with van der Waals surface area (Å²) in [7, 11) is 0. The molecule has 120 valence electrons. The maximum atomic E-state index is 12.1. The molecule has 0 aliphatic heterocycles. The van der Waals surface area contributed by atoms with Crippen molar-refractivity contribution >= 4 is 23.4 Å². The van der Waals surface area contributed by atoms with E-state index in [9.17, 15) is 4.79 Å². The van der Waals surface area contributed by atoms with Crippen molar-refractivity contribution in [3.05, 3.63) is 66.2 Å². The van der Waals surface area contributed by atoms with Gasteiger partial charge in [-0.15, -0.1) is 18.3 Å². The largest absolute Gasteiger partial charge is 0.483 e. The Morgan fingerprint density at radius 1 is 1.26 bits per heavy atom. The van der Waals surface area contributed by atoms with Crippen LogP contribution in [0.15, 0.2) is 60.0 Å². The highest BCUT2D eigenvalue weighted by Gasteiger charge is 2.08. The Hall–Kier alpha value is -2.20. The van der Waals surface area contributed by atoms with E-state index in [0.717, 1.165) is 33.2 Å². The third-order valence-corrected chi connectivity index (χ3v) is 4.29. The number of hydrogen-bond donors (Lipinski definition) is 1. The van der Waals surface area contributed by atoms with E-state index in [1.807, 2.05) is 62.4 Å². The zero-order valence-electron chi connectivity index (χ0n) is 13.5. The number of nitrogens with one attached hydrogen (secondary N) is 1. The molecule has 0 aliphatic carbocycles. The van der Waals surface area contributed by atoms with Gasteiger partial charge in [0.25, 0.3) is 5.91 Å². The minimum Gasteiger partial charge on any atom is -0.483 e. The van der Waals surface area contributed by atoms with E-state index in [4.69, 9.17) is 4.74 Å². The molecule has 2 aromatic carbocycles. The highest BCUT2D eigenvalue weighted by atomic mass is 32.2. The van der Waals surface area contributed by atoms with Crippen LogP contribution in [0.25, 0.3) is 0 Å². The monoisotopic (exact) mass is 327 g/mol. The highest BCUT2D eigenvalue weighted by Crippen LogP contribution is 2.27. The van der Waals surface area contributed by atoms with E-state index in [1.54, 1.807) is 11.8 Å². The zero-order chi connectivity index (χ0) is 16.7. The first-order valence-electron chi connectivity index (χ1n) is 7.43. The van der Waals surface area contributed by atoms with Crippen LogP contribution in [0.2, 0.25) is 0 Å². The van der Waals surface area contributed by atoms with Gasteiger partial charge in [-0.05, 0) is 43.2 Å². The standard InChI is InChI=1S/C19H21NO2S/c1-4-11-23-18-8-6-5-7-16(18)20-19(21)13-22-17-12-14(2)9-10-15(17)3/h4-10,12H,1,11,13H2,2-3H3,(H,20,21). The summed E-state index contributed by atoms with van der Waals surface area (Å²) in [5, 5.41) is 2.90. The van der Waals surface area contributed by atoms with Gasteiger partial charge in [-0.2, -0.15) is 0 Å². The number of ether oxygens (including phenoxy) is 1. The Morgan fingerprint density at radius 2 is 2.04 bits per heavy atom. The summed E-state index contributed by atoms with van der Waals surface area (Å²) in [6, 6.07) is 13.7. The smallest absolute Gasteiger partial charge is 0.262 e. The lowest BCUT2D eigenvalue weighted by molar-refractivity contribution is -0.118. The number of rotatable bonds is 7. The van der Waals surface area contributed by atoms with E-state index in [2.05, 4.69) is 11.9 Å². The molecule has 3 nitrogen and oxygen atoms in total. The van der Waals surface area contributed by atoms with Gasteiger partial charge in [0.2, 0.25) is 0 Å². The summed E-state index contributed by atoms with van der Waals surface area (Å²) >= 11 is 1.63. The third-order valence-electron chi connectivity index (χ3n) is 3.22. The first kappa shape index (κ1) is 17.2. The summed E-state index contributed by atoms with van der Waals surface area (Å²) < 4.78 is 5.64. The van der Waals surface area contributed by atoms with Crippen molar-refractivity contribution < 1.29 is 9.53 Å². The van der Waals surface area contributed by atoms with Crippen molar-refractivity contribution in [2.24, 2.45) is 0 Å². The minimum atomic E-state index is -0.169. The predicted octanol–water partition coefficient (Wildman–Crippen LogP) is 4.60. The molecule has 1 N–H and O–H groups in total. The number of hydrogen-bond acceptors (Lipinski definition) is 3. The molecule has 0 spiro atoms. The van der Waals surface area contributed by atoms with Crippen LogP contribution in [0.5, 0.6) is 5.75 Å². The first-order valence-corrected chi connectivity index (χ1v) is 8.41. The molecule has 0 heterocycles. The normalized spacial score (nSPS) is 10.2. The van der Waals surface area contributed by atoms with Crippen molar-refractivity contribution in [2.45, 2.75) is 18.7 Å². The van der Waals surface area contributed by atoms with Crippen LogP contribution in [0.3, 0.4) is 0 Å². The van der Waals surface area contributed by atoms with Crippen molar-refractivity contribution in [1.29, 1.82) is 0 Å². The van der Waals surface area contributed by atoms with Crippen molar-refractivity contribution in [3.8, 4) is 5.75 Å². The third kappa shape index (κ3) is 5.18. The number of carbonyl (C=O) groups excluding carboxylic acids is 1. The van der Waals surface area contributed by atoms with Crippen LogP contribution in [0.1, 0.15) is 11.1 Å². The van der Waals surface area contributed by atoms with Gasteiger partial charge in [-0.3, -0.25) is 4.79 Å². The molecule has 0 unspecified atom stereocenters. The Labute approximate surface area is 141 Å². The molecule has 23 heavy (non-hydrogen) atoms. The molecule has 4 heteroatoms. The van der Waals surface area contributed by atoms with E-state index >= 15 is 0 Å². The lowest BCUT2D eigenvalue weighted by Gasteiger charge is -2.12. The van der Waals surface area contributed by atoms with Crippen LogP contribution in [-0.4, -0.2) is 18.3 Å². The van der Waals surface area contributed by atoms with E-state index in [0.29, 0.717) is 0 Å². The average Bonchev–Trinajstić information content (AvgIpc) is 2.55. The summed E-state index contributed by atoms with van der Waals surface area (Å²) in [5.74, 6) is 1.37. The number of carbonyl (C=O) groups is 1. The van der Waals surface area contributed by atoms with Gasteiger partial charge in [0, 0.05) is 10.6 Å². The second kappa shape index (κ2) is 8.44.